The van der Waals surface area contributed by atoms with E-state index in [1.807, 2.05) is 20.8 Å². The fourth-order valence-electron chi connectivity index (χ4n) is 9.06. The number of nitrogens with one attached hydrogen (secondary N) is 2. The molecular weight excluding hydrogens is 826 g/mol. The summed E-state index contributed by atoms with van der Waals surface area (Å²) < 4.78 is 39.6. The maximum absolute atomic E-state index is 13.3. The number of ketones is 1. The van der Waals surface area contributed by atoms with Crippen molar-refractivity contribution in [2.45, 2.75) is 200 Å². The molecule has 5 rings (SSSR count). The molecule has 0 radical (unpaired) electrons. The summed E-state index contributed by atoms with van der Waals surface area (Å²) in [6, 6.07) is -0.858. The van der Waals surface area contributed by atoms with Crippen molar-refractivity contribution in [2.75, 3.05) is 6.54 Å². The third-order valence-corrected chi connectivity index (χ3v) is 13.2. The molecule has 9 unspecified atom stereocenters. The first-order chi connectivity index (χ1) is 29.7. The van der Waals surface area contributed by atoms with Crippen molar-refractivity contribution in [3.8, 4) is 0 Å². The van der Waals surface area contributed by atoms with Crippen LogP contribution in [-0.2, 0) is 55.8 Å². The summed E-state index contributed by atoms with van der Waals surface area (Å²) in [4.78, 5) is 37.4. The van der Waals surface area contributed by atoms with Crippen LogP contribution in [0, 0.1) is 35.5 Å². The van der Waals surface area contributed by atoms with Crippen molar-refractivity contribution in [1.82, 2.24) is 25.6 Å². The SMILES string of the molecule is CCC1O[C@@H](O[C@H]2C(C)C[C@@H](C)C(O)[C@H]2O[C@@H]2O[C@H](Cn3cc(CC(C)C(=O)NC(C(=O)NCC(C)=O)C(C)C)nn3)[C@H](O[C@H]3O[C@@H](CC)[C@@H](O)C(O)C3C)C2O)C(C)[C@@H](O)[C@H]1O. The minimum Gasteiger partial charge on any atom is -0.390 e. The molecule has 8 N–H and O–H groups in total. The number of hydrogen-bond donors (Lipinski definition) is 8. The summed E-state index contributed by atoms with van der Waals surface area (Å²) in [6.45, 7) is 17.3. The van der Waals surface area contributed by atoms with Crippen LogP contribution in [-0.4, -0.2) is 168 Å². The summed E-state index contributed by atoms with van der Waals surface area (Å²) in [5.74, 6) is -3.69. The van der Waals surface area contributed by atoms with E-state index in [1.54, 1.807) is 47.7 Å². The van der Waals surface area contributed by atoms with Crippen LogP contribution < -0.4 is 10.6 Å². The standard InChI is InChI=1S/C43H73N5O15/c1-11-26-33(53)31(51)23(9)41(58-26)61-36-20(6)13-19(5)30(50)38(36)63-43-35(55)37(62-42-24(10)32(52)34(54)27(12-2)59-42)28(60-43)17-48-16-25(46-47-48)14-21(7)39(56)45-29(18(3)4)40(57)44-15-22(8)49/h16,18-21,23-24,26-38,41-43,50-55H,11-15,17H2,1-10H3,(H,44,57)(H,45,56)/t19-,20?,21?,23?,24?,26?,27+,28-,29?,30?,31-,32?,33+,34-,35?,36+,37+,38-,41+,42-,43+/m1/s1. The zero-order valence-corrected chi connectivity index (χ0v) is 38.2. The smallest absolute Gasteiger partial charge is 0.243 e. The first-order valence-electron chi connectivity index (χ1n) is 22.6. The molecule has 20 nitrogen and oxygen atoms in total. The van der Waals surface area contributed by atoms with Gasteiger partial charge >= 0.3 is 0 Å². The van der Waals surface area contributed by atoms with Gasteiger partial charge in [-0.3, -0.25) is 14.4 Å². The van der Waals surface area contributed by atoms with Crippen LogP contribution in [0.4, 0.5) is 0 Å². The predicted molar refractivity (Wildman–Crippen MR) is 222 cm³/mol. The molecule has 3 saturated heterocycles. The topological polar surface area (TPSA) is 283 Å². The lowest BCUT2D eigenvalue weighted by Gasteiger charge is -2.47. The molecule has 3 aliphatic heterocycles. The number of carbonyl (C=O) groups excluding carboxylic acids is 3. The number of hydrogen-bond acceptors (Lipinski definition) is 17. The van der Waals surface area contributed by atoms with E-state index < -0.39 is 128 Å². The molecule has 1 aromatic heterocycles. The van der Waals surface area contributed by atoms with E-state index in [0.717, 1.165) is 0 Å². The number of Topliss-reactive ketones (excluding diaryl/α,β-unsaturated/α-hetero) is 1. The third kappa shape index (κ3) is 12.0. The number of aliphatic hydroxyl groups is 6. The maximum atomic E-state index is 13.3. The number of aliphatic hydroxyl groups excluding tert-OH is 6. The van der Waals surface area contributed by atoms with Crippen LogP contribution in [0.2, 0.25) is 0 Å². The number of rotatable bonds is 18. The second-order valence-corrected chi connectivity index (χ2v) is 18.8. The molecule has 360 valence electrons. The van der Waals surface area contributed by atoms with E-state index in [4.69, 9.17) is 28.4 Å². The van der Waals surface area contributed by atoms with E-state index in [-0.39, 0.29) is 43.0 Å². The van der Waals surface area contributed by atoms with Crippen LogP contribution in [0.25, 0.3) is 0 Å². The summed E-state index contributed by atoms with van der Waals surface area (Å²) in [6.07, 6.45) is -12.7. The number of amides is 2. The van der Waals surface area contributed by atoms with Gasteiger partial charge in [0.25, 0.3) is 0 Å². The Bertz CT molecular complexity index is 1650. The fraction of sp³-hybridized carbons (Fsp3) is 0.884. The average molecular weight is 900 g/mol. The molecule has 1 saturated carbocycles. The zero-order chi connectivity index (χ0) is 46.6. The van der Waals surface area contributed by atoms with Crippen LogP contribution in [0.5, 0.6) is 0 Å². The first kappa shape index (κ1) is 51.3. The lowest BCUT2D eigenvalue weighted by molar-refractivity contribution is -0.325. The van der Waals surface area contributed by atoms with Crippen LogP contribution >= 0.6 is 0 Å². The highest BCUT2D eigenvalue weighted by molar-refractivity contribution is 5.91. The van der Waals surface area contributed by atoms with E-state index in [9.17, 15) is 45.0 Å². The van der Waals surface area contributed by atoms with Crippen molar-refractivity contribution >= 4 is 17.6 Å². The predicted octanol–water partition coefficient (Wildman–Crippen LogP) is -0.433. The highest BCUT2D eigenvalue weighted by atomic mass is 16.8. The highest BCUT2D eigenvalue weighted by Gasteiger charge is 2.54. The Morgan fingerprint density at radius 2 is 1.27 bits per heavy atom. The quantitative estimate of drug-likeness (QED) is 0.0928. The molecular formula is C43H73N5O15. The monoisotopic (exact) mass is 900 g/mol. The van der Waals surface area contributed by atoms with Crippen molar-refractivity contribution in [3.05, 3.63) is 11.9 Å². The summed E-state index contributed by atoms with van der Waals surface area (Å²) >= 11 is 0. The van der Waals surface area contributed by atoms with Gasteiger partial charge in [0.1, 0.15) is 48.4 Å². The van der Waals surface area contributed by atoms with Gasteiger partial charge in [-0.1, -0.05) is 67.5 Å². The van der Waals surface area contributed by atoms with Gasteiger partial charge < -0.3 is 69.7 Å². The lowest BCUT2D eigenvalue weighted by atomic mass is 9.77. The number of carbonyl (C=O) groups is 3. The van der Waals surface area contributed by atoms with Gasteiger partial charge in [-0.2, -0.15) is 0 Å². The molecule has 2 amide bonds. The molecule has 1 aliphatic carbocycles. The molecule has 1 aromatic rings. The van der Waals surface area contributed by atoms with Gasteiger partial charge in [-0.25, -0.2) is 4.68 Å². The molecule has 4 fully saturated rings. The van der Waals surface area contributed by atoms with E-state index in [1.165, 1.54) is 11.6 Å². The van der Waals surface area contributed by atoms with Crippen LogP contribution in [0.15, 0.2) is 6.20 Å². The van der Waals surface area contributed by atoms with E-state index in [2.05, 4.69) is 20.9 Å². The number of aromatic nitrogens is 3. The molecule has 4 heterocycles. The number of nitrogens with zero attached hydrogens (tertiary/aromatic N) is 3. The largest absolute Gasteiger partial charge is 0.390 e. The molecule has 21 atom stereocenters. The third-order valence-electron chi connectivity index (χ3n) is 13.2. The normalized spacial score (nSPS) is 40.7. The first-order valence-corrected chi connectivity index (χ1v) is 22.6. The van der Waals surface area contributed by atoms with Crippen molar-refractivity contribution in [2.24, 2.45) is 35.5 Å². The minimum atomic E-state index is -1.48. The van der Waals surface area contributed by atoms with Gasteiger partial charge in [-0.15, -0.1) is 5.10 Å². The number of ether oxygens (including phenoxy) is 6. The maximum Gasteiger partial charge on any atom is 0.243 e. The van der Waals surface area contributed by atoms with Crippen molar-refractivity contribution < 1.29 is 73.4 Å². The Balaban J connectivity index is 1.35. The van der Waals surface area contributed by atoms with Gasteiger partial charge in [-0.05, 0) is 43.9 Å². The molecule has 0 aromatic carbocycles. The molecule has 4 aliphatic rings. The highest BCUT2D eigenvalue weighted by Crippen LogP contribution is 2.40. The molecule has 0 spiro atoms. The van der Waals surface area contributed by atoms with Gasteiger partial charge in [0.15, 0.2) is 18.9 Å². The molecule has 20 heteroatoms. The Morgan fingerprint density at radius 3 is 1.81 bits per heavy atom. The molecule has 0 bridgehead atoms. The minimum absolute atomic E-state index is 0.0314. The van der Waals surface area contributed by atoms with E-state index >= 15 is 0 Å². The Labute approximate surface area is 369 Å². The zero-order valence-electron chi connectivity index (χ0n) is 38.2. The lowest BCUT2D eigenvalue weighted by Crippen LogP contribution is -2.59. The van der Waals surface area contributed by atoms with Gasteiger partial charge in [0, 0.05) is 30.4 Å². The average Bonchev–Trinajstić information content (AvgIpc) is 3.80. The van der Waals surface area contributed by atoms with Crippen molar-refractivity contribution in [3.63, 3.8) is 0 Å². The van der Waals surface area contributed by atoms with Gasteiger partial charge in [0.05, 0.1) is 55.4 Å². The fourth-order valence-corrected chi connectivity index (χ4v) is 9.06. The summed E-state index contributed by atoms with van der Waals surface area (Å²) in [5.41, 5.74) is 0.450. The summed E-state index contributed by atoms with van der Waals surface area (Å²) in [7, 11) is 0. The van der Waals surface area contributed by atoms with Gasteiger partial charge in [0.2, 0.25) is 11.8 Å². The molecule has 63 heavy (non-hydrogen) atoms. The second-order valence-electron chi connectivity index (χ2n) is 18.8. The van der Waals surface area contributed by atoms with E-state index in [0.29, 0.717) is 25.0 Å². The van der Waals surface area contributed by atoms with Crippen LogP contribution in [0.1, 0.15) is 94.2 Å². The second kappa shape index (κ2) is 22.2. The summed E-state index contributed by atoms with van der Waals surface area (Å²) in [5, 5.41) is 80.5. The Hall–Kier alpha value is -2.73. The Morgan fingerprint density at radius 1 is 0.730 bits per heavy atom. The van der Waals surface area contributed by atoms with Crippen LogP contribution in [0.3, 0.4) is 0 Å². The van der Waals surface area contributed by atoms with Crippen molar-refractivity contribution in [1.29, 1.82) is 0 Å². The Kier molecular flexibility index (Phi) is 18.0.